The van der Waals surface area contributed by atoms with Crippen molar-refractivity contribution in [1.29, 1.82) is 0 Å². The zero-order valence-corrected chi connectivity index (χ0v) is 17.8. The molecule has 4 nitrogen and oxygen atoms in total. The molecule has 1 amide bonds. The molecule has 0 aliphatic carbocycles. The fraction of sp³-hybridized carbons (Fsp3) is 0.400. The molecule has 1 atom stereocenters. The molecule has 0 bridgehead atoms. The van der Waals surface area contributed by atoms with Crippen molar-refractivity contribution in [2.75, 3.05) is 44.2 Å². The average molecular weight is 441 g/mol. The molecular weight excluding hydrogens is 415 g/mol. The van der Waals surface area contributed by atoms with Gasteiger partial charge in [-0.25, -0.2) is 0 Å². The van der Waals surface area contributed by atoms with Gasteiger partial charge in [0.25, 0.3) is 5.91 Å². The lowest BCUT2D eigenvalue weighted by Crippen LogP contribution is -2.55. The van der Waals surface area contributed by atoms with Crippen LogP contribution in [-0.4, -0.2) is 61.0 Å². The summed E-state index contributed by atoms with van der Waals surface area (Å²) >= 11 is 0. The number of nitrogens with zero attached hydrogens (tertiary/aromatic N) is 3. The van der Waals surface area contributed by atoms with Crippen molar-refractivity contribution in [3.63, 3.8) is 0 Å². The highest BCUT2D eigenvalue weighted by Crippen LogP contribution is 2.32. The fourth-order valence-electron chi connectivity index (χ4n) is 4.59. The number of alkyl halides is 3. The quantitative estimate of drug-likeness (QED) is 0.671. The molecule has 4 rings (SSSR count). The lowest BCUT2D eigenvalue weighted by molar-refractivity contribution is -0.137. The van der Waals surface area contributed by atoms with Crippen molar-refractivity contribution in [2.24, 2.45) is 0 Å². The van der Waals surface area contributed by atoms with Gasteiger partial charge in [0.2, 0.25) is 0 Å². The molecule has 0 aromatic heterocycles. The van der Waals surface area contributed by atoms with E-state index in [4.69, 9.17) is 6.42 Å². The number of rotatable bonds is 3. The van der Waals surface area contributed by atoms with Crippen molar-refractivity contribution in [3.8, 4) is 12.3 Å². The van der Waals surface area contributed by atoms with Gasteiger partial charge in [0.1, 0.15) is 0 Å². The lowest BCUT2D eigenvalue weighted by Gasteiger charge is -2.44. The molecule has 2 aliphatic heterocycles. The van der Waals surface area contributed by atoms with Crippen LogP contribution in [0.3, 0.4) is 0 Å². The number of terminal acetylenes is 1. The fourth-order valence-corrected chi connectivity index (χ4v) is 4.59. The average Bonchev–Trinajstić information content (AvgIpc) is 2.83. The van der Waals surface area contributed by atoms with E-state index < -0.39 is 11.7 Å². The van der Waals surface area contributed by atoms with Gasteiger partial charge in [0.15, 0.2) is 0 Å². The number of carbonyl (C=O) groups is 1. The Morgan fingerprint density at radius 3 is 2.47 bits per heavy atom. The summed E-state index contributed by atoms with van der Waals surface area (Å²) in [5.74, 6) is 2.56. The van der Waals surface area contributed by atoms with E-state index in [0.29, 0.717) is 36.4 Å². The maximum Gasteiger partial charge on any atom is 0.416 e. The Balaban J connectivity index is 1.37. The topological polar surface area (TPSA) is 26.8 Å². The first kappa shape index (κ1) is 22.2. The van der Waals surface area contributed by atoms with E-state index in [1.165, 1.54) is 12.1 Å². The molecule has 2 aromatic rings. The van der Waals surface area contributed by atoms with Gasteiger partial charge in [-0.2, -0.15) is 13.2 Å². The Morgan fingerprint density at radius 2 is 1.75 bits per heavy atom. The van der Waals surface area contributed by atoms with Gasteiger partial charge in [-0.1, -0.05) is 18.1 Å². The molecule has 2 fully saturated rings. The van der Waals surface area contributed by atoms with Crippen LogP contribution in [0, 0.1) is 12.3 Å². The first-order valence-corrected chi connectivity index (χ1v) is 10.9. The predicted octanol–water partition coefficient (Wildman–Crippen LogP) is 4.11. The molecule has 0 radical (unpaired) electrons. The highest BCUT2D eigenvalue weighted by atomic mass is 19.4. The van der Waals surface area contributed by atoms with Crippen molar-refractivity contribution in [3.05, 3.63) is 65.2 Å². The normalized spacial score (nSPS) is 20.1. The smallest absolute Gasteiger partial charge is 0.369 e. The Hall–Kier alpha value is -2.98. The third kappa shape index (κ3) is 4.91. The molecule has 2 saturated heterocycles. The van der Waals surface area contributed by atoms with Crippen LogP contribution in [0.25, 0.3) is 0 Å². The van der Waals surface area contributed by atoms with Gasteiger partial charge in [-0.3, -0.25) is 9.69 Å². The van der Waals surface area contributed by atoms with Crippen molar-refractivity contribution in [1.82, 2.24) is 9.80 Å². The third-order valence-corrected chi connectivity index (χ3v) is 6.33. The van der Waals surface area contributed by atoms with Crippen molar-refractivity contribution >= 4 is 11.6 Å². The van der Waals surface area contributed by atoms with E-state index >= 15 is 0 Å². The number of likely N-dealkylation sites (tertiary alicyclic amines) is 1. The van der Waals surface area contributed by atoms with E-state index in [0.717, 1.165) is 38.5 Å². The molecule has 2 aromatic carbocycles. The number of piperidine rings is 1. The highest BCUT2D eigenvalue weighted by Gasteiger charge is 2.33. The first-order chi connectivity index (χ1) is 15.3. The van der Waals surface area contributed by atoms with Gasteiger partial charge < -0.3 is 9.80 Å². The minimum atomic E-state index is -4.34. The highest BCUT2D eigenvalue weighted by molar-refractivity contribution is 5.94. The Bertz CT molecular complexity index is 1010. The molecule has 1 unspecified atom stereocenters. The summed E-state index contributed by atoms with van der Waals surface area (Å²) in [5.41, 5.74) is 1.28. The monoisotopic (exact) mass is 441 g/mol. The molecule has 0 spiro atoms. The minimum Gasteiger partial charge on any atom is -0.369 e. The number of anilines is 1. The van der Waals surface area contributed by atoms with Crippen molar-refractivity contribution < 1.29 is 18.0 Å². The lowest BCUT2D eigenvalue weighted by atomic mass is 10.0. The summed E-state index contributed by atoms with van der Waals surface area (Å²) in [6.45, 7) is 4.22. The van der Waals surface area contributed by atoms with Crippen LogP contribution < -0.4 is 4.90 Å². The maximum absolute atomic E-state index is 13.0. The van der Waals surface area contributed by atoms with E-state index in [1.54, 1.807) is 30.3 Å². The van der Waals surface area contributed by atoms with Crippen molar-refractivity contribution in [2.45, 2.75) is 25.1 Å². The zero-order valence-electron chi connectivity index (χ0n) is 17.8. The number of piperazine rings is 1. The standard InChI is InChI=1S/C25H26F3N3O/c1-2-19-6-3-7-20(16-19)24(32)31-11-5-10-23(18-31)30-14-12-29(13-15-30)22-9-4-8-21(17-22)25(26,27)28/h1,3-4,6-9,16-17,23H,5,10-15,18H2. The summed E-state index contributed by atoms with van der Waals surface area (Å²) in [4.78, 5) is 19.2. The van der Waals surface area contributed by atoms with Crippen LogP contribution in [0.4, 0.5) is 18.9 Å². The van der Waals surface area contributed by atoms with Crippen LogP contribution >= 0.6 is 0 Å². The molecule has 2 heterocycles. The third-order valence-electron chi connectivity index (χ3n) is 6.33. The van der Waals surface area contributed by atoms with Crippen LogP contribution in [0.15, 0.2) is 48.5 Å². The summed E-state index contributed by atoms with van der Waals surface area (Å²) in [7, 11) is 0. The first-order valence-electron chi connectivity index (χ1n) is 10.9. The van der Waals surface area contributed by atoms with Crippen LogP contribution in [0.5, 0.6) is 0 Å². The number of hydrogen-bond acceptors (Lipinski definition) is 3. The molecule has 168 valence electrons. The SMILES string of the molecule is C#Cc1cccc(C(=O)N2CCCC(N3CCN(c4cccc(C(F)(F)F)c4)CC3)C2)c1. The zero-order chi connectivity index (χ0) is 22.7. The van der Waals surface area contributed by atoms with Gasteiger partial charge in [-0.05, 0) is 49.2 Å². The van der Waals surface area contributed by atoms with E-state index in [2.05, 4.69) is 10.8 Å². The number of benzene rings is 2. The van der Waals surface area contributed by atoms with Gasteiger partial charge in [0, 0.05) is 62.1 Å². The molecule has 0 saturated carbocycles. The van der Waals surface area contributed by atoms with E-state index in [-0.39, 0.29) is 11.9 Å². The van der Waals surface area contributed by atoms with Crippen LogP contribution in [0.1, 0.15) is 34.3 Å². The molecule has 32 heavy (non-hydrogen) atoms. The predicted molar refractivity (Wildman–Crippen MR) is 119 cm³/mol. The summed E-state index contributed by atoms with van der Waals surface area (Å²) in [6.07, 6.45) is 3.06. The molecule has 2 aliphatic rings. The number of carbonyl (C=O) groups excluding carboxylic acids is 1. The summed E-state index contributed by atoms with van der Waals surface area (Å²) in [5, 5.41) is 0. The van der Waals surface area contributed by atoms with Gasteiger partial charge >= 0.3 is 6.18 Å². The Labute approximate surface area is 186 Å². The molecule has 0 N–H and O–H groups in total. The summed E-state index contributed by atoms with van der Waals surface area (Å²) < 4.78 is 39.1. The van der Waals surface area contributed by atoms with Crippen LogP contribution in [-0.2, 0) is 6.18 Å². The largest absolute Gasteiger partial charge is 0.416 e. The van der Waals surface area contributed by atoms with Gasteiger partial charge in [0.05, 0.1) is 5.56 Å². The van der Waals surface area contributed by atoms with E-state index in [1.807, 2.05) is 9.80 Å². The second kappa shape index (κ2) is 9.25. The number of halogens is 3. The Morgan fingerprint density at radius 1 is 1.00 bits per heavy atom. The molecular formula is C25H26F3N3O. The van der Waals surface area contributed by atoms with Gasteiger partial charge in [-0.15, -0.1) is 6.42 Å². The second-order valence-corrected chi connectivity index (χ2v) is 8.34. The number of amides is 1. The van der Waals surface area contributed by atoms with Crippen LogP contribution in [0.2, 0.25) is 0 Å². The van der Waals surface area contributed by atoms with E-state index in [9.17, 15) is 18.0 Å². The number of hydrogen-bond donors (Lipinski definition) is 0. The minimum absolute atomic E-state index is 0.00518. The second-order valence-electron chi connectivity index (χ2n) is 8.34. The molecule has 7 heteroatoms. The Kier molecular flexibility index (Phi) is 6.43. The summed E-state index contributed by atoms with van der Waals surface area (Å²) in [6, 6.07) is 12.9. The maximum atomic E-state index is 13.0.